The van der Waals surface area contributed by atoms with Crippen LogP contribution in [0.15, 0.2) is 34.0 Å². The standard InChI is InChI=1S/C23H23ClF2N4OS/c1-12-10-29(11-13(2)27-12)22-16-9-17(24)19(15-5-4-14(25)8-18(15)26)21-20(16)30(23(31)28-22)6-3-7-32-21/h4-5,8-9,12-13,27H,3,6-7,10-11H2,1-2H3. The number of nitrogens with zero attached hydrogens (tertiary/aromatic N) is 3. The van der Waals surface area contributed by atoms with Gasteiger partial charge in [-0.05, 0) is 44.2 Å². The zero-order valence-electron chi connectivity index (χ0n) is 17.8. The molecule has 2 atom stereocenters. The average Bonchev–Trinajstić information content (AvgIpc) is 2.95. The number of benzene rings is 2. The number of piperazine rings is 1. The van der Waals surface area contributed by atoms with Crippen LogP contribution in [0, 0.1) is 11.6 Å². The van der Waals surface area contributed by atoms with Gasteiger partial charge in [0.05, 0.1) is 10.5 Å². The monoisotopic (exact) mass is 476 g/mol. The maximum atomic E-state index is 14.8. The normalized spacial score (nSPS) is 21.1. The smallest absolute Gasteiger partial charge is 0.350 e. The first-order chi connectivity index (χ1) is 15.3. The molecule has 2 unspecified atom stereocenters. The molecule has 2 aromatic carbocycles. The minimum absolute atomic E-state index is 0.226. The number of rotatable bonds is 2. The summed E-state index contributed by atoms with van der Waals surface area (Å²) in [5, 5.41) is 4.64. The largest absolute Gasteiger partial charge is 0.353 e. The third kappa shape index (κ3) is 3.68. The Kier molecular flexibility index (Phi) is 5.63. The van der Waals surface area contributed by atoms with Crippen molar-refractivity contribution in [1.82, 2.24) is 14.9 Å². The van der Waals surface area contributed by atoms with Crippen molar-refractivity contribution in [2.24, 2.45) is 0 Å². The van der Waals surface area contributed by atoms with Gasteiger partial charge in [-0.1, -0.05) is 11.6 Å². The molecule has 9 heteroatoms. The lowest BCUT2D eigenvalue weighted by Gasteiger charge is -2.37. The number of halogens is 3. The van der Waals surface area contributed by atoms with Gasteiger partial charge in [0.25, 0.3) is 0 Å². The number of aryl methyl sites for hydroxylation is 1. The van der Waals surface area contributed by atoms with Crippen molar-refractivity contribution in [3.05, 3.63) is 51.4 Å². The molecule has 0 saturated carbocycles. The molecule has 1 aromatic heterocycles. The van der Waals surface area contributed by atoms with Gasteiger partial charge in [0.15, 0.2) is 0 Å². The van der Waals surface area contributed by atoms with Crippen molar-refractivity contribution < 1.29 is 8.78 Å². The Morgan fingerprint density at radius 3 is 2.66 bits per heavy atom. The highest BCUT2D eigenvalue weighted by Crippen LogP contribution is 2.45. The van der Waals surface area contributed by atoms with E-state index in [0.717, 1.165) is 34.0 Å². The molecule has 5 rings (SSSR count). The molecule has 0 aliphatic carbocycles. The van der Waals surface area contributed by atoms with Crippen LogP contribution in [0.1, 0.15) is 20.3 Å². The van der Waals surface area contributed by atoms with Crippen molar-refractivity contribution in [1.29, 1.82) is 0 Å². The summed E-state index contributed by atoms with van der Waals surface area (Å²) in [5.41, 5.74) is 1.13. The molecule has 2 aliphatic rings. The lowest BCUT2D eigenvalue weighted by atomic mass is 10.0. The fourth-order valence-electron chi connectivity index (χ4n) is 4.79. The number of aromatic nitrogens is 2. The summed E-state index contributed by atoms with van der Waals surface area (Å²) in [5.74, 6) is 0.0363. The van der Waals surface area contributed by atoms with Crippen LogP contribution in [0.25, 0.3) is 22.0 Å². The van der Waals surface area contributed by atoms with Crippen LogP contribution < -0.4 is 15.9 Å². The van der Waals surface area contributed by atoms with E-state index in [9.17, 15) is 13.6 Å². The molecule has 32 heavy (non-hydrogen) atoms. The summed E-state index contributed by atoms with van der Waals surface area (Å²) in [6.45, 7) is 6.16. The van der Waals surface area contributed by atoms with Crippen LogP contribution in [0.4, 0.5) is 14.6 Å². The summed E-state index contributed by atoms with van der Waals surface area (Å²) < 4.78 is 30.0. The summed E-state index contributed by atoms with van der Waals surface area (Å²) in [6, 6.07) is 5.75. The predicted octanol–water partition coefficient (Wildman–Crippen LogP) is 4.68. The molecular formula is C23H23ClF2N4OS. The van der Waals surface area contributed by atoms with E-state index in [1.165, 1.54) is 12.1 Å². The highest BCUT2D eigenvalue weighted by molar-refractivity contribution is 7.99. The number of thioether (sulfide) groups is 1. The number of nitrogens with one attached hydrogen (secondary N) is 1. The minimum atomic E-state index is -0.680. The molecule has 0 spiro atoms. The maximum absolute atomic E-state index is 14.8. The quantitative estimate of drug-likeness (QED) is 0.582. The Labute approximate surface area is 193 Å². The number of anilines is 1. The Bertz CT molecular complexity index is 1270. The Balaban J connectivity index is 1.82. The SMILES string of the molecule is CC1CN(c2nc(=O)n3c4c(c(-c5ccc(F)cc5F)c(Cl)cc24)SCCC3)CC(C)N1. The zero-order chi connectivity index (χ0) is 22.6. The van der Waals surface area contributed by atoms with Crippen LogP contribution in [0.5, 0.6) is 0 Å². The van der Waals surface area contributed by atoms with Crippen molar-refractivity contribution in [3.63, 3.8) is 0 Å². The lowest BCUT2D eigenvalue weighted by Crippen LogP contribution is -2.55. The number of hydrogen-bond acceptors (Lipinski definition) is 5. The van der Waals surface area contributed by atoms with E-state index in [1.54, 1.807) is 22.4 Å². The van der Waals surface area contributed by atoms with Crippen molar-refractivity contribution in [3.8, 4) is 11.1 Å². The second-order valence-corrected chi connectivity index (χ2v) is 10.0. The second-order valence-electron chi connectivity index (χ2n) is 8.53. The molecule has 1 saturated heterocycles. The third-order valence-electron chi connectivity index (χ3n) is 5.98. The molecule has 5 nitrogen and oxygen atoms in total. The topological polar surface area (TPSA) is 50.2 Å². The van der Waals surface area contributed by atoms with Crippen molar-refractivity contribution >= 4 is 40.1 Å². The van der Waals surface area contributed by atoms with E-state index in [4.69, 9.17) is 11.6 Å². The second kappa shape index (κ2) is 8.32. The molecule has 0 amide bonds. The zero-order valence-corrected chi connectivity index (χ0v) is 19.4. The lowest BCUT2D eigenvalue weighted by molar-refractivity contribution is 0.405. The first-order valence-electron chi connectivity index (χ1n) is 10.7. The van der Waals surface area contributed by atoms with Gasteiger partial charge in [-0.2, -0.15) is 4.98 Å². The van der Waals surface area contributed by atoms with Crippen LogP contribution >= 0.6 is 23.4 Å². The fourth-order valence-corrected chi connectivity index (χ4v) is 6.35. The predicted molar refractivity (Wildman–Crippen MR) is 126 cm³/mol. The van der Waals surface area contributed by atoms with Gasteiger partial charge in [0.1, 0.15) is 17.5 Å². The van der Waals surface area contributed by atoms with E-state index < -0.39 is 11.6 Å². The van der Waals surface area contributed by atoms with Crippen LogP contribution in [0.3, 0.4) is 0 Å². The van der Waals surface area contributed by atoms with Crippen LogP contribution in [0.2, 0.25) is 5.02 Å². The molecule has 0 radical (unpaired) electrons. The highest BCUT2D eigenvalue weighted by Gasteiger charge is 2.28. The van der Waals surface area contributed by atoms with Gasteiger partial charge >= 0.3 is 5.69 Å². The van der Waals surface area contributed by atoms with E-state index in [1.807, 2.05) is 0 Å². The summed E-state index contributed by atoms with van der Waals surface area (Å²) >= 11 is 8.30. The van der Waals surface area contributed by atoms with Gasteiger partial charge < -0.3 is 10.2 Å². The van der Waals surface area contributed by atoms with E-state index in [2.05, 4.69) is 29.0 Å². The molecule has 2 aliphatic heterocycles. The van der Waals surface area contributed by atoms with Crippen LogP contribution in [-0.2, 0) is 6.54 Å². The molecular weight excluding hydrogens is 454 g/mol. The number of hydrogen-bond donors (Lipinski definition) is 1. The molecule has 1 fully saturated rings. The summed E-state index contributed by atoms with van der Waals surface area (Å²) in [6.07, 6.45) is 0.778. The highest BCUT2D eigenvalue weighted by atomic mass is 35.5. The van der Waals surface area contributed by atoms with Gasteiger partial charge in [-0.25, -0.2) is 13.6 Å². The van der Waals surface area contributed by atoms with Crippen LogP contribution in [-0.4, -0.2) is 40.5 Å². The van der Waals surface area contributed by atoms with E-state index >= 15 is 0 Å². The van der Waals surface area contributed by atoms with Gasteiger partial charge in [-0.15, -0.1) is 11.8 Å². The molecule has 3 aromatic rings. The van der Waals surface area contributed by atoms with Gasteiger partial charge in [0, 0.05) is 59.2 Å². The summed E-state index contributed by atoms with van der Waals surface area (Å²) in [4.78, 5) is 20.5. The van der Waals surface area contributed by atoms with Crippen molar-refractivity contribution in [2.45, 2.75) is 43.8 Å². The maximum Gasteiger partial charge on any atom is 0.350 e. The molecule has 0 bridgehead atoms. The summed E-state index contributed by atoms with van der Waals surface area (Å²) in [7, 11) is 0. The van der Waals surface area contributed by atoms with Gasteiger partial charge in [-0.3, -0.25) is 4.57 Å². The molecule has 3 heterocycles. The molecule has 1 N–H and O–H groups in total. The molecule has 168 valence electrons. The first kappa shape index (κ1) is 21.7. The first-order valence-corrected chi connectivity index (χ1v) is 12.1. The fraction of sp³-hybridized carbons (Fsp3) is 0.391. The Morgan fingerprint density at radius 1 is 1.19 bits per heavy atom. The minimum Gasteiger partial charge on any atom is -0.353 e. The van der Waals surface area contributed by atoms with Gasteiger partial charge in [0.2, 0.25) is 0 Å². The van der Waals surface area contributed by atoms with E-state index in [-0.39, 0.29) is 23.3 Å². The average molecular weight is 477 g/mol. The Morgan fingerprint density at radius 2 is 1.94 bits per heavy atom. The third-order valence-corrected chi connectivity index (χ3v) is 7.46. The van der Waals surface area contributed by atoms with Crippen molar-refractivity contribution in [2.75, 3.05) is 23.7 Å². The van der Waals surface area contributed by atoms with E-state index in [0.29, 0.717) is 36.0 Å². The Hall–Kier alpha value is -2.16.